The number of carbonyl (C=O) groups excluding carboxylic acids is 2. The highest BCUT2D eigenvalue weighted by Crippen LogP contribution is 2.44. The second-order valence-electron chi connectivity index (χ2n) is 11.1. The standard InChI is InChI=1S/C27H31FN2O5/c1-26(2,3)35-25(32)30-11-9-18-17(6-7-20-23(18)34-14-33-20)22(30)24(31)29-16-12-15-8-10-27(4,5)21(15)19(28)13-16/h6-7,12-13,22H,8-11,14H2,1-5H3,(H,29,31). The topological polar surface area (TPSA) is 77.1 Å². The number of fused-ring (bicyclic) bond motifs is 4. The van der Waals surface area contributed by atoms with E-state index in [1.54, 1.807) is 32.9 Å². The third-order valence-electron chi connectivity index (χ3n) is 6.90. The Bertz CT molecular complexity index is 1220. The van der Waals surface area contributed by atoms with Crippen molar-refractivity contribution in [3.63, 3.8) is 0 Å². The monoisotopic (exact) mass is 482 g/mol. The molecule has 2 amide bonds. The first-order valence-corrected chi connectivity index (χ1v) is 12.0. The first kappa shape index (κ1) is 23.5. The minimum Gasteiger partial charge on any atom is -0.454 e. The molecule has 8 heteroatoms. The van der Waals surface area contributed by atoms with Crippen molar-refractivity contribution in [2.75, 3.05) is 18.7 Å². The molecule has 1 aliphatic carbocycles. The average molecular weight is 483 g/mol. The van der Waals surface area contributed by atoms with E-state index in [0.29, 0.717) is 34.7 Å². The molecule has 2 heterocycles. The molecule has 7 nitrogen and oxygen atoms in total. The Morgan fingerprint density at radius 3 is 2.69 bits per heavy atom. The fourth-order valence-corrected chi connectivity index (χ4v) is 5.36. The van der Waals surface area contributed by atoms with Crippen molar-refractivity contribution in [3.8, 4) is 11.5 Å². The molecular weight excluding hydrogens is 451 g/mol. The maximum absolute atomic E-state index is 15.1. The van der Waals surface area contributed by atoms with E-state index in [-0.39, 0.29) is 24.6 Å². The van der Waals surface area contributed by atoms with Gasteiger partial charge in [-0.25, -0.2) is 9.18 Å². The molecule has 35 heavy (non-hydrogen) atoms. The van der Waals surface area contributed by atoms with Crippen molar-refractivity contribution in [3.05, 3.63) is 52.3 Å². The zero-order chi connectivity index (χ0) is 25.1. The van der Waals surface area contributed by atoms with Gasteiger partial charge in [-0.15, -0.1) is 0 Å². The van der Waals surface area contributed by atoms with Gasteiger partial charge in [0, 0.05) is 17.8 Å². The van der Waals surface area contributed by atoms with Crippen LogP contribution in [-0.2, 0) is 27.8 Å². The minimum absolute atomic E-state index is 0.114. The average Bonchev–Trinajstić information content (AvgIpc) is 3.35. The van der Waals surface area contributed by atoms with Crippen LogP contribution in [0.1, 0.15) is 69.3 Å². The Hall–Kier alpha value is -3.29. The highest BCUT2D eigenvalue weighted by Gasteiger charge is 2.41. The van der Waals surface area contributed by atoms with E-state index in [2.05, 4.69) is 5.32 Å². The Kier molecular flexibility index (Phi) is 5.45. The number of amides is 2. The van der Waals surface area contributed by atoms with Crippen LogP contribution in [0.3, 0.4) is 0 Å². The maximum atomic E-state index is 15.1. The number of aryl methyl sites for hydroxylation is 1. The fourth-order valence-electron chi connectivity index (χ4n) is 5.36. The largest absolute Gasteiger partial charge is 0.454 e. The number of carbonyl (C=O) groups is 2. The number of rotatable bonds is 2. The van der Waals surface area contributed by atoms with Crippen molar-refractivity contribution in [2.24, 2.45) is 0 Å². The van der Waals surface area contributed by atoms with Gasteiger partial charge < -0.3 is 19.5 Å². The molecule has 2 aliphatic heterocycles. The number of ether oxygens (including phenoxy) is 3. The van der Waals surface area contributed by atoms with Crippen LogP contribution in [0.4, 0.5) is 14.9 Å². The van der Waals surface area contributed by atoms with E-state index in [9.17, 15) is 9.59 Å². The third kappa shape index (κ3) is 4.19. The summed E-state index contributed by atoms with van der Waals surface area (Å²) in [6, 6.07) is 5.78. The molecule has 0 fully saturated rings. The summed E-state index contributed by atoms with van der Waals surface area (Å²) >= 11 is 0. The summed E-state index contributed by atoms with van der Waals surface area (Å²) in [6.07, 6.45) is 1.52. The second kappa shape index (κ2) is 8.14. The lowest BCUT2D eigenvalue weighted by atomic mass is 9.86. The highest BCUT2D eigenvalue weighted by atomic mass is 19.1. The molecule has 1 unspecified atom stereocenters. The zero-order valence-electron chi connectivity index (χ0n) is 20.8. The van der Waals surface area contributed by atoms with Crippen molar-refractivity contribution in [1.29, 1.82) is 0 Å². The molecule has 0 saturated carbocycles. The molecule has 186 valence electrons. The molecular formula is C27H31FN2O5. The molecule has 0 bridgehead atoms. The number of anilines is 1. The van der Waals surface area contributed by atoms with E-state index >= 15 is 4.39 Å². The summed E-state index contributed by atoms with van der Waals surface area (Å²) < 4.78 is 31.8. The molecule has 3 aliphatic rings. The van der Waals surface area contributed by atoms with Gasteiger partial charge in [-0.05, 0) is 80.3 Å². The van der Waals surface area contributed by atoms with Gasteiger partial charge in [-0.3, -0.25) is 9.69 Å². The smallest absolute Gasteiger partial charge is 0.411 e. The number of nitrogens with one attached hydrogen (secondary N) is 1. The van der Waals surface area contributed by atoms with Crippen LogP contribution in [0.15, 0.2) is 24.3 Å². The number of halogens is 1. The van der Waals surface area contributed by atoms with Gasteiger partial charge in [0.1, 0.15) is 17.5 Å². The van der Waals surface area contributed by atoms with Crippen LogP contribution < -0.4 is 14.8 Å². The summed E-state index contributed by atoms with van der Waals surface area (Å²) in [7, 11) is 0. The molecule has 1 atom stereocenters. The van der Waals surface area contributed by atoms with E-state index < -0.39 is 23.6 Å². The highest BCUT2D eigenvalue weighted by molar-refractivity contribution is 5.98. The summed E-state index contributed by atoms with van der Waals surface area (Å²) in [6.45, 7) is 9.79. The molecule has 2 aromatic carbocycles. The second-order valence-corrected chi connectivity index (χ2v) is 11.1. The first-order valence-electron chi connectivity index (χ1n) is 12.0. The SMILES string of the molecule is CC(C)(C)OC(=O)N1CCc2c(ccc3c2OCO3)C1C(=O)Nc1cc(F)c2c(c1)CCC2(C)C. The summed E-state index contributed by atoms with van der Waals surface area (Å²) in [5.41, 5.74) is 2.52. The number of nitrogens with zero attached hydrogens (tertiary/aromatic N) is 1. The van der Waals surface area contributed by atoms with Crippen LogP contribution in [0, 0.1) is 5.82 Å². The van der Waals surface area contributed by atoms with Gasteiger partial charge in [-0.1, -0.05) is 19.9 Å². The Morgan fingerprint density at radius 2 is 1.94 bits per heavy atom. The minimum atomic E-state index is -0.962. The fraction of sp³-hybridized carbons (Fsp3) is 0.481. The number of hydrogen-bond donors (Lipinski definition) is 1. The van der Waals surface area contributed by atoms with Crippen molar-refractivity contribution in [1.82, 2.24) is 4.90 Å². The zero-order valence-corrected chi connectivity index (χ0v) is 20.8. The Labute approximate surface area is 204 Å². The summed E-state index contributed by atoms with van der Waals surface area (Å²) in [5, 5.41) is 2.87. The van der Waals surface area contributed by atoms with E-state index in [1.807, 2.05) is 19.9 Å². The molecule has 0 radical (unpaired) electrons. The molecule has 2 aromatic rings. The van der Waals surface area contributed by atoms with Crippen molar-refractivity contribution >= 4 is 17.7 Å². The Balaban J connectivity index is 1.50. The van der Waals surface area contributed by atoms with E-state index in [4.69, 9.17) is 14.2 Å². The van der Waals surface area contributed by atoms with Crippen LogP contribution in [0.5, 0.6) is 11.5 Å². The lowest BCUT2D eigenvalue weighted by Crippen LogP contribution is -2.47. The lowest BCUT2D eigenvalue weighted by Gasteiger charge is -2.37. The lowest BCUT2D eigenvalue weighted by molar-refractivity contribution is -0.122. The van der Waals surface area contributed by atoms with Crippen LogP contribution in [0.2, 0.25) is 0 Å². The summed E-state index contributed by atoms with van der Waals surface area (Å²) in [5.74, 6) is 0.468. The number of hydrogen-bond acceptors (Lipinski definition) is 5. The van der Waals surface area contributed by atoms with Gasteiger partial charge in [0.25, 0.3) is 5.91 Å². The predicted molar refractivity (Wildman–Crippen MR) is 128 cm³/mol. The normalized spacial score (nSPS) is 19.7. The van der Waals surface area contributed by atoms with Crippen LogP contribution >= 0.6 is 0 Å². The van der Waals surface area contributed by atoms with Gasteiger partial charge in [0.05, 0.1) is 0 Å². The van der Waals surface area contributed by atoms with E-state index in [0.717, 1.165) is 24.0 Å². The van der Waals surface area contributed by atoms with Crippen molar-refractivity contribution < 1.29 is 28.2 Å². The molecule has 0 spiro atoms. The van der Waals surface area contributed by atoms with Crippen LogP contribution in [0.25, 0.3) is 0 Å². The molecule has 5 rings (SSSR count). The molecule has 0 saturated heterocycles. The summed E-state index contributed by atoms with van der Waals surface area (Å²) in [4.78, 5) is 28.2. The Morgan fingerprint density at radius 1 is 1.17 bits per heavy atom. The van der Waals surface area contributed by atoms with Crippen LogP contribution in [-0.4, -0.2) is 35.8 Å². The number of benzene rings is 2. The van der Waals surface area contributed by atoms with Gasteiger partial charge in [0.15, 0.2) is 11.5 Å². The predicted octanol–water partition coefficient (Wildman–Crippen LogP) is 5.25. The molecule has 1 N–H and O–H groups in total. The van der Waals surface area contributed by atoms with E-state index in [1.165, 1.54) is 11.0 Å². The maximum Gasteiger partial charge on any atom is 0.411 e. The van der Waals surface area contributed by atoms with Gasteiger partial charge in [-0.2, -0.15) is 0 Å². The van der Waals surface area contributed by atoms with Crippen molar-refractivity contribution in [2.45, 2.75) is 70.9 Å². The third-order valence-corrected chi connectivity index (χ3v) is 6.90. The first-order chi connectivity index (χ1) is 16.4. The molecule has 0 aromatic heterocycles. The quantitative estimate of drug-likeness (QED) is 0.633. The van der Waals surface area contributed by atoms with Gasteiger partial charge in [0.2, 0.25) is 6.79 Å². The van der Waals surface area contributed by atoms with Gasteiger partial charge >= 0.3 is 6.09 Å².